The van der Waals surface area contributed by atoms with Gasteiger partial charge in [-0.15, -0.1) is 0 Å². The van der Waals surface area contributed by atoms with E-state index >= 15 is 0 Å². The molecule has 4 nitrogen and oxygen atoms in total. The fraction of sp³-hybridized carbons (Fsp3) is 0.364. The lowest BCUT2D eigenvalue weighted by molar-refractivity contribution is 0.488. The smallest absolute Gasteiger partial charge is 0.147 e. The molecule has 29 heavy (non-hydrogen) atoms. The zero-order valence-electron chi connectivity index (χ0n) is 16.6. The molecular weight excluding hydrogens is 427 g/mol. The highest BCUT2D eigenvalue weighted by molar-refractivity contribution is 6.40. The molecule has 1 aromatic carbocycles. The van der Waals surface area contributed by atoms with E-state index in [-0.39, 0.29) is 5.92 Å². The minimum absolute atomic E-state index is 0.142. The second-order valence-corrected chi connectivity index (χ2v) is 8.89. The summed E-state index contributed by atoms with van der Waals surface area (Å²) in [4.78, 5) is 7.23. The second-order valence-electron chi connectivity index (χ2n) is 7.64. The largest absolute Gasteiger partial charge is 0.371 e. The molecule has 0 saturated carbocycles. The number of aryl methyl sites for hydroxylation is 2. The molecule has 0 bridgehead atoms. The highest BCUT2D eigenvalue weighted by Gasteiger charge is 2.25. The lowest BCUT2D eigenvalue weighted by atomic mass is 9.97. The molecular formula is C22H21Cl3N4. The van der Waals surface area contributed by atoms with Gasteiger partial charge in [0.1, 0.15) is 5.65 Å². The van der Waals surface area contributed by atoms with Gasteiger partial charge in [0.15, 0.2) is 0 Å². The average molecular weight is 448 g/mol. The molecule has 2 aromatic heterocycles. The van der Waals surface area contributed by atoms with E-state index in [2.05, 4.69) is 30.9 Å². The molecule has 0 unspecified atom stereocenters. The Kier molecular flexibility index (Phi) is 5.42. The fourth-order valence-electron chi connectivity index (χ4n) is 4.19. The van der Waals surface area contributed by atoms with Gasteiger partial charge < -0.3 is 4.90 Å². The number of nitriles is 1. The van der Waals surface area contributed by atoms with Crippen molar-refractivity contribution in [2.24, 2.45) is 5.92 Å². The van der Waals surface area contributed by atoms with Crippen molar-refractivity contribution in [2.45, 2.75) is 33.6 Å². The van der Waals surface area contributed by atoms with Gasteiger partial charge in [-0.2, -0.15) is 5.26 Å². The van der Waals surface area contributed by atoms with Crippen LogP contribution in [0.4, 0.5) is 5.69 Å². The summed E-state index contributed by atoms with van der Waals surface area (Å²) in [5.74, 6) is 0.142. The number of pyridine rings is 1. The normalized spacial score (nSPS) is 15.1. The van der Waals surface area contributed by atoms with Crippen LogP contribution in [0.1, 0.15) is 29.8 Å². The number of fused-ring (bicyclic) bond motifs is 1. The molecule has 1 fully saturated rings. The quantitative estimate of drug-likeness (QED) is 0.441. The van der Waals surface area contributed by atoms with Crippen molar-refractivity contribution in [3.05, 3.63) is 50.2 Å². The Bertz CT molecular complexity index is 1130. The Balaban J connectivity index is 1.95. The van der Waals surface area contributed by atoms with Gasteiger partial charge in [-0.3, -0.25) is 4.57 Å². The van der Waals surface area contributed by atoms with E-state index in [9.17, 15) is 5.26 Å². The van der Waals surface area contributed by atoms with E-state index in [0.29, 0.717) is 20.8 Å². The van der Waals surface area contributed by atoms with Crippen molar-refractivity contribution in [2.75, 3.05) is 18.0 Å². The SMILES string of the molecule is Cc1cc(N2CCC(C#N)CC2)c2c(C)c(C)n(-c3c(Cl)cc(Cl)cc3Cl)c2n1. The van der Waals surface area contributed by atoms with Crippen LogP contribution in [-0.4, -0.2) is 22.6 Å². The van der Waals surface area contributed by atoms with Crippen LogP contribution < -0.4 is 4.90 Å². The average Bonchev–Trinajstić information content (AvgIpc) is 2.92. The van der Waals surface area contributed by atoms with Gasteiger partial charge in [0.25, 0.3) is 0 Å². The minimum atomic E-state index is 0.142. The maximum Gasteiger partial charge on any atom is 0.147 e. The van der Waals surface area contributed by atoms with Crippen LogP contribution in [0.3, 0.4) is 0 Å². The predicted molar refractivity (Wildman–Crippen MR) is 121 cm³/mol. The topological polar surface area (TPSA) is 44.9 Å². The summed E-state index contributed by atoms with van der Waals surface area (Å²) in [7, 11) is 0. The fourth-order valence-corrected chi connectivity index (χ4v) is 5.18. The molecule has 0 aliphatic carbocycles. The number of piperidine rings is 1. The third-order valence-corrected chi connectivity index (χ3v) is 6.59. The van der Waals surface area contributed by atoms with Crippen LogP contribution in [0.15, 0.2) is 18.2 Å². The van der Waals surface area contributed by atoms with Crippen molar-refractivity contribution in [1.82, 2.24) is 9.55 Å². The molecule has 0 amide bonds. The summed E-state index contributed by atoms with van der Waals surface area (Å²) in [6.45, 7) is 7.89. The first-order valence-corrected chi connectivity index (χ1v) is 10.7. The van der Waals surface area contributed by atoms with Gasteiger partial charge in [-0.05, 0) is 57.4 Å². The second kappa shape index (κ2) is 7.72. The maximum atomic E-state index is 9.23. The van der Waals surface area contributed by atoms with Gasteiger partial charge in [-0.25, -0.2) is 4.98 Å². The Hall–Kier alpha value is -1.93. The molecule has 0 N–H and O–H groups in total. The van der Waals surface area contributed by atoms with Gasteiger partial charge in [0.05, 0.1) is 21.8 Å². The maximum absolute atomic E-state index is 9.23. The van der Waals surface area contributed by atoms with Crippen LogP contribution in [0, 0.1) is 38.0 Å². The number of anilines is 1. The molecule has 4 rings (SSSR count). The van der Waals surface area contributed by atoms with Crippen LogP contribution in [0.2, 0.25) is 15.1 Å². The number of hydrogen-bond acceptors (Lipinski definition) is 3. The van der Waals surface area contributed by atoms with E-state index in [4.69, 9.17) is 39.8 Å². The van der Waals surface area contributed by atoms with Crippen molar-refractivity contribution in [3.63, 3.8) is 0 Å². The van der Waals surface area contributed by atoms with Crippen LogP contribution in [0.5, 0.6) is 0 Å². The van der Waals surface area contributed by atoms with Crippen molar-refractivity contribution < 1.29 is 0 Å². The molecule has 0 spiro atoms. The van der Waals surface area contributed by atoms with Crippen molar-refractivity contribution >= 4 is 51.5 Å². The first-order valence-electron chi connectivity index (χ1n) is 9.60. The number of benzene rings is 1. The van der Waals surface area contributed by atoms with Gasteiger partial charge in [0.2, 0.25) is 0 Å². The summed E-state index contributed by atoms with van der Waals surface area (Å²) >= 11 is 19.2. The number of rotatable bonds is 2. The highest BCUT2D eigenvalue weighted by atomic mass is 35.5. The molecule has 3 heterocycles. The van der Waals surface area contributed by atoms with Crippen LogP contribution in [-0.2, 0) is 0 Å². The van der Waals surface area contributed by atoms with E-state index in [1.54, 1.807) is 12.1 Å². The van der Waals surface area contributed by atoms with Gasteiger partial charge >= 0.3 is 0 Å². The van der Waals surface area contributed by atoms with Crippen LogP contribution >= 0.6 is 34.8 Å². The molecule has 0 radical (unpaired) electrons. The summed E-state index contributed by atoms with van der Waals surface area (Å²) < 4.78 is 2.03. The molecule has 3 aromatic rings. The molecule has 1 aliphatic rings. The number of aromatic nitrogens is 2. The number of hydrogen-bond donors (Lipinski definition) is 0. The van der Waals surface area contributed by atoms with E-state index in [0.717, 1.165) is 59.6 Å². The van der Waals surface area contributed by atoms with Crippen molar-refractivity contribution in [1.29, 1.82) is 5.26 Å². The van der Waals surface area contributed by atoms with Gasteiger partial charge in [0, 0.05) is 46.5 Å². The summed E-state index contributed by atoms with van der Waals surface area (Å²) in [6, 6.07) is 7.95. The number of nitrogens with zero attached hydrogens (tertiary/aromatic N) is 4. The molecule has 0 atom stereocenters. The zero-order chi connectivity index (χ0) is 20.9. The number of halogens is 3. The zero-order valence-corrected chi connectivity index (χ0v) is 18.8. The van der Waals surface area contributed by atoms with E-state index < -0.39 is 0 Å². The third-order valence-electron chi connectivity index (χ3n) is 5.80. The van der Waals surface area contributed by atoms with E-state index in [1.807, 2.05) is 11.5 Å². The Labute approximate surface area is 185 Å². The van der Waals surface area contributed by atoms with Gasteiger partial charge in [-0.1, -0.05) is 34.8 Å². The highest BCUT2D eigenvalue weighted by Crippen LogP contribution is 2.40. The van der Waals surface area contributed by atoms with Crippen molar-refractivity contribution in [3.8, 4) is 11.8 Å². The summed E-state index contributed by atoms with van der Waals surface area (Å²) in [5.41, 5.74) is 5.80. The lowest BCUT2D eigenvalue weighted by Crippen LogP contribution is -2.33. The summed E-state index contributed by atoms with van der Waals surface area (Å²) in [6.07, 6.45) is 1.76. The third kappa shape index (κ3) is 3.46. The lowest BCUT2D eigenvalue weighted by Gasteiger charge is -2.32. The first-order chi connectivity index (χ1) is 13.8. The van der Waals surface area contributed by atoms with Crippen LogP contribution in [0.25, 0.3) is 16.7 Å². The minimum Gasteiger partial charge on any atom is -0.371 e. The molecule has 7 heteroatoms. The monoisotopic (exact) mass is 446 g/mol. The Morgan fingerprint density at radius 3 is 2.24 bits per heavy atom. The van der Waals surface area contributed by atoms with E-state index in [1.165, 1.54) is 0 Å². The Morgan fingerprint density at radius 2 is 1.66 bits per heavy atom. The summed E-state index contributed by atoms with van der Waals surface area (Å²) in [5, 5.41) is 11.8. The predicted octanol–water partition coefficient (Wildman–Crippen LogP) is 6.65. The first kappa shape index (κ1) is 20.3. The Morgan fingerprint density at radius 1 is 1.03 bits per heavy atom. The molecule has 150 valence electrons. The molecule has 1 aliphatic heterocycles. The molecule has 1 saturated heterocycles. The standard InChI is InChI=1S/C22H21Cl3N4/c1-12-8-19(28-6-4-15(11-26)5-7-28)20-13(2)14(3)29(22(20)27-12)21-17(24)9-16(23)10-18(21)25/h8-10,15H,4-7H2,1-3H3.